The monoisotopic (exact) mass is 471 g/mol. The molecule has 1 heterocycles. The number of unbranched alkanes of at least 4 members (excludes halogenated alkanes) is 1. The summed E-state index contributed by atoms with van der Waals surface area (Å²) in [6.07, 6.45) is 1.77. The maximum absolute atomic E-state index is 12.0. The van der Waals surface area contributed by atoms with Crippen LogP contribution in [0.25, 0.3) is 0 Å². The van der Waals surface area contributed by atoms with E-state index in [9.17, 15) is 13.6 Å². The van der Waals surface area contributed by atoms with Crippen molar-refractivity contribution in [1.82, 2.24) is 4.90 Å². The molecule has 0 radical (unpaired) electrons. The Kier molecular flexibility index (Phi) is 9.29. The van der Waals surface area contributed by atoms with E-state index in [4.69, 9.17) is 0 Å². The van der Waals surface area contributed by atoms with Crippen LogP contribution in [0.1, 0.15) is 32.3 Å². The average Bonchev–Trinajstić information content (AvgIpc) is 2.80. The fourth-order valence-electron chi connectivity index (χ4n) is 3.89. The van der Waals surface area contributed by atoms with Gasteiger partial charge in [0, 0.05) is 67.0 Å². The molecule has 7 nitrogen and oxygen atoms in total. The third-order valence-corrected chi connectivity index (χ3v) is 6.72. The number of carbonyl (C=O) groups is 1. The zero-order valence-corrected chi connectivity index (χ0v) is 20.6. The van der Waals surface area contributed by atoms with Gasteiger partial charge in [0.2, 0.25) is 5.91 Å². The Morgan fingerprint density at radius 3 is 2.42 bits per heavy atom. The first-order valence-electron chi connectivity index (χ1n) is 11.7. The van der Waals surface area contributed by atoms with Crippen molar-refractivity contribution in [3.05, 3.63) is 54.1 Å². The number of hydrogen-bond donors (Lipinski definition) is 1. The normalized spacial score (nSPS) is 15.5. The van der Waals surface area contributed by atoms with Crippen LogP contribution in [0.4, 0.5) is 17.1 Å². The molecule has 1 fully saturated rings. The van der Waals surface area contributed by atoms with Crippen LogP contribution in [0, 0.1) is 12.8 Å². The minimum Gasteiger partial charge on any atom is -0.755 e. The van der Waals surface area contributed by atoms with Gasteiger partial charge < -0.3 is 19.1 Å². The highest BCUT2D eigenvalue weighted by atomic mass is 32.2. The van der Waals surface area contributed by atoms with E-state index in [0.29, 0.717) is 6.54 Å². The lowest BCUT2D eigenvalue weighted by Crippen LogP contribution is -2.46. The number of hydrogen-bond acceptors (Lipinski definition) is 5. The van der Waals surface area contributed by atoms with Gasteiger partial charge in [0.05, 0.1) is 0 Å². The van der Waals surface area contributed by atoms with Gasteiger partial charge in [-0.1, -0.05) is 37.6 Å². The summed E-state index contributed by atoms with van der Waals surface area (Å²) < 4.78 is 24.7. The molecule has 0 bridgehead atoms. The van der Waals surface area contributed by atoms with E-state index in [1.807, 2.05) is 63.2 Å². The van der Waals surface area contributed by atoms with Crippen molar-refractivity contribution >= 4 is 34.2 Å². The van der Waals surface area contributed by atoms with Gasteiger partial charge in [0.15, 0.2) is 0 Å². The van der Waals surface area contributed by atoms with Crippen molar-refractivity contribution in [1.29, 1.82) is 0 Å². The smallest absolute Gasteiger partial charge is 0.226 e. The summed E-state index contributed by atoms with van der Waals surface area (Å²) in [5.74, 6) is -0.0199. The first kappa shape index (κ1) is 25.2. The lowest BCUT2D eigenvalue weighted by molar-refractivity contribution is -0.118. The molecule has 3 rings (SSSR count). The van der Waals surface area contributed by atoms with Crippen LogP contribution in [0.3, 0.4) is 0 Å². The summed E-state index contributed by atoms with van der Waals surface area (Å²) in [7, 11) is 0. The number of amides is 1. The number of piperazine rings is 1. The molecule has 2 aromatic rings. The second-order valence-electron chi connectivity index (χ2n) is 8.88. The van der Waals surface area contributed by atoms with E-state index in [2.05, 4.69) is 21.2 Å². The fourth-order valence-corrected chi connectivity index (χ4v) is 4.46. The maximum Gasteiger partial charge on any atom is 0.226 e. The topological polar surface area (TPSA) is 79.0 Å². The van der Waals surface area contributed by atoms with E-state index in [1.54, 1.807) is 0 Å². The number of nitrogens with zero attached hydrogens (tertiary/aromatic N) is 3. The molecule has 1 atom stereocenters. The van der Waals surface area contributed by atoms with Crippen molar-refractivity contribution in [2.24, 2.45) is 5.92 Å². The molecule has 2 aromatic carbocycles. The molecule has 0 saturated carbocycles. The Labute approximate surface area is 200 Å². The van der Waals surface area contributed by atoms with Crippen LogP contribution in [-0.2, 0) is 16.1 Å². The molecular formula is C25H35N4O3S-. The van der Waals surface area contributed by atoms with Crippen molar-refractivity contribution in [2.75, 3.05) is 53.8 Å². The molecule has 180 valence electrons. The lowest BCUT2D eigenvalue weighted by Gasteiger charge is -2.36. The molecule has 33 heavy (non-hydrogen) atoms. The summed E-state index contributed by atoms with van der Waals surface area (Å²) in [5, 5.41) is 2.97. The van der Waals surface area contributed by atoms with Crippen molar-refractivity contribution in [3.8, 4) is 0 Å². The summed E-state index contributed by atoms with van der Waals surface area (Å²) >= 11 is -2.27. The number of nitrogens with one attached hydrogen (secondary N) is 1. The molecule has 1 aliphatic rings. The van der Waals surface area contributed by atoms with E-state index in [1.165, 1.54) is 4.31 Å². The Morgan fingerprint density at radius 2 is 1.79 bits per heavy atom. The number of rotatable bonds is 10. The van der Waals surface area contributed by atoms with Crippen LogP contribution in [0.15, 0.2) is 48.5 Å². The third-order valence-electron chi connectivity index (χ3n) is 5.96. The van der Waals surface area contributed by atoms with Crippen molar-refractivity contribution in [2.45, 2.75) is 33.6 Å². The van der Waals surface area contributed by atoms with E-state index in [-0.39, 0.29) is 11.8 Å². The van der Waals surface area contributed by atoms with Crippen molar-refractivity contribution < 1.29 is 13.6 Å². The van der Waals surface area contributed by atoms with Gasteiger partial charge in [-0.05, 0) is 56.6 Å². The standard InChI is InChI=1S/C25H36N4O3S/c1-20(2)25(30)26-22-7-6-8-24(19-22)28-17-15-27(16-18-28)13-4-5-14-29(33(31)32)23-11-9-21(3)10-12-23/h6-12,19-20H,4-5,13-18H2,1-3H3,(H,26,30)(H,31,32)/p-1. The summed E-state index contributed by atoms with van der Waals surface area (Å²) in [6, 6.07) is 15.6. The highest BCUT2D eigenvalue weighted by molar-refractivity contribution is 7.80. The zero-order chi connectivity index (χ0) is 23.8. The minimum absolute atomic E-state index is 0.0266. The fraction of sp³-hybridized carbons (Fsp3) is 0.480. The van der Waals surface area contributed by atoms with E-state index >= 15 is 0 Å². The number of benzene rings is 2. The van der Waals surface area contributed by atoms with Gasteiger partial charge in [-0.2, -0.15) is 0 Å². The lowest BCUT2D eigenvalue weighted by atomic mass is 10.2. The Hall–Kier alpha value is -2.42. The largest absolute Gasteiger partial charge is 0.755 e. The quantitative estimate of drug-likeness (QED) is 0.421. The number of carbonyl (C=O) groups excluding carboxylic acids is 1. The molecular weight excluding hydrogens is 436 g/mol. The summed E-state index contributed by atoms with van der Waals surface area (Å²) in [6.45, 7) is 11.0. The number of aryl methyl sites for hydroxylation is 1. The molecule has 1 saturated heterocycles. The second kappa shape index (κ2) is 12.2. The molecule has 1 N–H and O–H groups in total. The Bertz CT molecular complexity index is 928. The van der Waals surface area contributed by atoms with Crippen LogP contribution < -0.4 is 14.5 Å². The molecule has 1 unspecified atom stereocenters. The summed E-state index contributed by atoms with van der Waals surface area (Å²) in [4.78, 5) is 16.8. The van der Waals surface area contributed by atoms with Gasteiger partial charge in [-0.15, -0.1) is 0 Å². The Morgan fingerprint density at radius 1 is 1.09 bits per heavy atom. The SMILES string of the molecule is Cc1ccc(N(CCCCN2CCN(c3cccc(NC(=O)C(C)C)c3)CC2)S(=O)[O-])cc1. The average molecular weight is 472 g/mol. The van der Waals surface area contributed by atoms with Gasteiger partial charge >= 0.3 is 0 Å². The van der Waals surface area contributed by atoms with Gasteiger partial charge in [-0.25, -0.2) is 0 Å². The highest BCUT2D eigenvalue weighted by Gasteiger charge is 2.18. The zero-order valence-electron chi connectivity index (χ0n) is 19.8. The minimum atomic E-state index is -2.27. The number of anilines is 3. The third kappa shape index (κ3) is 7.55. The van der Waals surface area contributed by atoms with E-state index < -0.39 is 11.3 Å². The van der Waals surface area contributed by atoms with Gasteiger partial charge in [0.1, 0.15) is 0 Å². The van der Waals surface area contributed by atoms with Crippen molar-refractivity contribution in [3.63, 3.8) is 0 Å². The first-order chi connectivity index (χ1) is 15.8. The predicted octanol–water partition coefficient (Wildman–Crippen LogP) is 3.79. The molecule has 0 aromatic heterocycles. The van der Waals surface area contributed by atoms with Crippen LogP contribution >= 0.6 is 0 Å². The molecule has 1 aliphatic heterocycles. The molecule has 8 heteroatoms. The van der Waals surface area contributed by atoms with E-state index in [0.717, 1.165) is 68.2 Å². The predicted molar refractivity (Wildman–Crippen MR) is 135 cm³/mol. The summed E-state index contributed by atoms with van der Waals surface area (Å²) in [5.41, 5.74) is 3.79. The second-order valence-corrected chi connectivity index (χ2v) is 9.76. The van der Waals surface area contributed by atoms with Crippen LogP contribution in [0.5, 0.6) is 0 Å². The highest BCUT2D eigenvalue weighted by Crippen LogP contribution is 2.22. The first-order valence-corrected chi connectivity index (χ1v) is 12.7. The molecule has 1 amide bonds. The Balaban J connectivity index is 1.42. The maximum atomic E-state index is 12.0. The molecule has 0 aliphatic carbocycles. The molecule has 0 spiro atoms. The van der Waals surface area contributed by atoms with Crippen LogP contribution in [0.2, 0.25) is 0 Å². The van der Waals surface area contributed by atoms with Crippen LogP contribution in [-0.4, -0.2) is 58.8 Å². The van der Waals surface area contributed by atoms with Gasteiger partial charge in [0.25, 0.3) is 0 Å². The van der Waals surface area contributed by atoms with Gasteiger partial charge in [-0.3, -0.25) is 13.9 Å².